The fourth-order valence-corrected chi connectivity index (χ4v) is 8.19. The Labute approximate surface area is 385 Å². The van der Waals surface area contributed by atoms with Crippen molar-refractivity contribution in [1.82, 2.24) is 5.32 Å². The Morgan fingerprint density at radius 1 is 0.452 bits per heavy atom. The van der Waals surface area contributed by atoms with Crippen molar-refractivity contribution in [3.8, 4) is 0 Å². The minimum absolute atomic E-state index is 0.00574. The summed E-state index contributed by atoms with van der Waals surface area (Å²) >= 11 is 0. The Kier molecular flexibility index (Phi) is 50.1. The van der Waals surface area contributed by atoms with E-state index in [4.69, 9.17) is 4.74 Å². The number of aliphatic hydroxyl groups excluding tert-OH is 2. The van der Waals surface area contributed by atoms with Gasteiger partial charge in [0.05, 0.1) is 25.4 Å². The normalized spacial score (nSPS) is 12.9. The van der Waals surface area contributed by atoms with Gasteiger partial charge in [0.15, 0.2) is 0 Å². The van der Waals surface area contributed by atoms with Crippen molar-refractivity contribution in [1.29, 1.82) is 0 Å². The summed E-state index contributed by atoms with van der Waals surface area (Å²) in [6, 6.07) is -0.632. The Balaban J connectivity index is 3.43. The van der Waals surface area contributed by atoms with Crippen LogP contribution >= 0.6 is 0 Å². The van der Waals surface area contributed by atoms with Crippen molar-refractivity contribution >= 4 is 11.9 Å². The van der Waals surface area contributed by atoms with Crippen LogP contribution < -0.4 is 5.32 Å². The summed E-state index contributed by atoms with van der Waals surface area (Å²) in [5.41, 5.74) is 0. The maximum atomic E-state index is 12.4. The second kappa shape index (κ2) is 51.7. The van der Waals surface area contributed by atoms with E-state index in [2.05, 4.69) is 43.5 Å². The highest BCUT2D eigenvalue weighted by Crippen LogP contribution is 2.16. The van der Waals surface area contributed by atoms with Crippen molar-refractivity contribution in [2.24, 2.45) is 0 Å². The first-order chi connectivity index (χ1) is 30.5. The fraction of sp³-hybridized carbons (Fsp3) is 0.857. The first-order valence-electron chi connectivity index (χ1n) is 27.3. The number of carbonyl (C=O) groups is 2. The molecule has 364 valence electrons. The fourth-order valence-electron chi connectivity index (χ4n) is 8.19. The third-order valence-electron chi connectivity index (χ3n) is 12.4. The summed E-state index contributed by atoms with van der Waals surface area (Å²) in [4.78, 5) is 24.5. The van der Waals surface area contributed by atoms with Gasteiger partial charge in [-0.15, -0.1) is 0 Å². The minimum Gasteiger partial charge on any atom is -0.466 e. The minimum atomic E-state index is -0.848. The van der Waals surface area contributed by atoms with E-state index >= 15 is 0 Å². The molecule has 0 spiro atoms. The Morgan fingerprint density at radius 3 is 1.24 bits per heavy atom. The lowest BCUT2D eigenvalue weighted by Crippen LogP contribution is -2.45. The van der Waals surface area contributed by atoms with Crippen molar-refractivity contribution in [2.45, 2.75) is 296 Å². The Hall–Kier alpha value is -1.92. The second-order valence-electron chi connectivity index (χ2n) is 18.6. The second-order valence-corrected chi connectivity index (χ2v) is 18.6. The zero-order chi connectivity index (χ0) is 45.1. The number of rotatable bonds is 50. The van der Waals surface area contributed by atoms with Crippen LogP contribution in [-0.2, 0) is 14.3 Å². The van der Waals surface area contributed by atoms with Crippen LogP contribution in [-0.4, -0.2) is 47.4 Å². The van der Waals surface area contributed by atoms with Crippen molar-refractivity contribution < 1.29 is 24.5 Å². The van der Waals surface area contributed by atoms with E-state index in [0.717, 1.165) is 57.8 Å². The molecule has 1 amide bonds. The predicted molar refractivity (Wildman–Crippen MR) is 269 cm³/mol. The van der Waals surface area contributed by atoms with E-state index < -0.39 is 12.1 Å². The smallest absolute Gasteiger partial charge is 0.305 e. The third-order valence-corrected chi connectivity index (χ3v) is 12.4. The highest BCUT2D eigenvalue weighted by Gasteiger charge is 2.18. The van der Waals surface area contributed by atoms with Gasteiger partial charge < -0.3 is 20.3 Å². The van der Waals surface area contributed by atoms with Gasteiger partial charge in [0.2, 0.25) is 5.91 Å². The lowest BCUT2D eigenvalue weighted by Gasteiger charge is -2.20. The van der Waals surface area contributed by atoms with Crippen LogP contribution in [0.15, 0.2) is 36.5 Å². The molecule has 62 heavy (non-hydrogen) atoms. The summed E-state index contributed by atoms with van der Waals surface area (Å²) in [6.07, 6.45) is 62.9. The van der Waals surface area contributed by atoms with Crippen LogP contribution in [0.2, 0.25) is 0 Å². The van der Waals surface area contributed by atoms with E-state index in [-0.39, 0.29) is 18.5 Å². The van der Waals surface area contributed by atoms with Crippen molar-refractivity contribution in [3.63, 3.8) is 0 Å². The molecule has 2 unspecified atom stereocenters. The Bertz CT molecular complexity index is 1010. The SMILES string of the molecule is CCCCCC/C=C\C/C=C\CCCCCCCCCC(=O)OCCCCCCCCCCCCCCCCCCC(=O)NC(CO)C(O)/C=C/CCCCCCCCCCC. The maximum absolute atomic E-state index is 12.4. The number of esters is 1. The summed E-state index contributed by atoms with van der Waals surface area (Å²) < 4.78 is 5.48. The van der Waals surface area contributed by atoms with Crippen LogP contribution in [0.5, 0.6) is 0 Å². The van der Waals surface area contributed by atoms with E-state index in [9.17, 15) is 19.8 Å². The summed E-state index contributed by atoms with van der Waals surface area (Å²) in [5.74, 6) is -0.0824. The molecule has 0 aromatic heterocycles. The van der Waals surface area contributed by atoms with E-state index in [0.29, 0.717) is 19.4 Å². The zero-order valence-electron chi connectivity index (χ0n) is 41.4. The number of carbonyl (C=O) groups excluding carboxylic acids is 2. The molecule has 0 rings (SSSR count). The molecule has 6 nitrogen and oxygen atoms in total. The van der Waals surface area contributed by atoms with Gasteiger partial charge >= 0.3 is 5.97 Å². The molecule has 0 aliphatic heterocycles. The molecule has 0 fully saturated rings. The quantitative estimate of drug-likeness (QED) is 0.0321. The van der Waals surface area contributed by atoms with Crippen LogP contribution in [0.3, 0.4) is 0 Å². The van der Waals surface area contributed by atoms with Crippen molar-refractivity contribution in [3.05, 3.63) is 36.5 Å². The van der Waals surface area contributed by atoms with Gasteiger partial charge in [-0.05, 0) is 64.2 Å². The summed E-state index contributed by atoms with van der Waals surface area (Å²) in [5, 5.41) is 23.0. The zero-order valence-corrected chi connectivity index (χ0v) is 41.4. The molecule has 0 saturated carbocycles. The van der Waals surface area contributed by atoms with Crippen LogP contribution in [0, 0.1) is 0 Å². The first kappa shape index (κ1) is 60.1. The molecule has 0 aliphatic carbocycles. The van der Waals surface area contributed by atoms with Gasteiger partial charge in [-0.2, -0.15) is 0 Å². The van der Waals surface area contributed by atoms with Gasteiger partial charge in [0.1, 0.15) is 0 Å². The number of hydrogen-bond donors (Lipinski definition) is 3. The summed E-state index contributed by atoms with van der Waals surface area (Å²) in [7, 11) is 0. The number of aliphatic hydroxyl groups is 2. The van der Waals surface area contributed by atoms with Gasteiger partial charge in [0.25, 0.3) is 0 Å². The molecule has 3 N–H and O–H groups in total. The number of unbranched alkanes of at least 4 members (excludes halogenated alkanes) is 35. The standard InChI is InChI=1S/C56H105NO5/c1-3-5-7-9-11-13-15-16-17-18-19-23-26-30-34-38-42-46-50-56(61)62-51-47-43-39-35-31-27-24-21-20-22-25-29-33-37-41-45-49-55(60)57-53(52-58)54(59)48-44-40-36-32-28-14-12-10-8-6-4-2/h13,15,17-18,44,48,53-54,58-59H,3-12,14,16,19-43,45-47,49-52H2,1-2H3,(H,57,60)/b15-13-,18-17-,48-44+. The summed E-state index contributed by atoms with van der Waals surface area (Å²) in [6.45, 7) is 4.85. The largest absolute Gasteiger partial charge is 0.466 e. The highest BCUT2D eigenvalue weighted by atomic mass is 16.5. The lowest BCUT2D eigenvalue weighted by atomic mass is 10.0. The molecule has 0 radical (unpaired) electrons. The number of ether oxygens (including phenoxy) is 1. The molecule has 0 saturated heterocycles. The molecule has 0 heterocycles. The highest BCUT2D eigenvalue weighted by molar-refractivity contribution is 5.76. The average Bonchev–Trinajstić information content (AvgIpc) is 3.27. The molecular weight excluding hydrogens is 767 g/mol. The van der Waals surface area contributed by atoms with Crippen LogP contribution in [0.4, 0.5) is 0 Å². The number of nitrogens with one attached hydrogen (secondary N) is 1. The molecule has 0 aromatic carbocycles. The molecule has 0 aromatic rings. The number of amides is 1. The number of allylic oxidation sites excluding steroid dienone is 5. The van der Waals surface area contributed by atoms with Gasteiger partial charge in [-0.1, -0.05) is 243 Å². The van der Waals surface area contributed by atoms with Gasteiger partial charge in [-0.25, -0.2) is 0 Å². The molecule has 0 aliphatic rings. The predicted octanol–water partition coefficient (Wildman–Crippen LogP) is 16.5. The topological polar surface area (TPSA) is 95.9 Å². The Morgan fingerprint density at radius 2 is 0.806 bits per heavy atom. The monoisotopic (exact) mass is 872 g/mol. The van der Waals surface area contributed by atoms with E-state index in [1.165, 1.54) is 199 Å². The number of hydrogen-bond acceptors (Lipinski definition) is 5. The van der Waals surface area contributed by atoms with E-state index in [1.807, 2.05) is 6.08 Å². The van der Waals surface area contributed by atoms with Gasteiger partial charge in [-0.3, -0.25) is 9.59 Å². The maximum Gasteiger partial charge on any atom is 0.305 e. The van der Waals surface area contributed by atoms with Crippen LogP contribution in [0.25, 0.3) is 0 Å². The van der Waals surface area contributed by atoms with Crippen LogP contribution in [0.1, 0.15) is 284 Å². The van der Waals surface area contributed by atoms with Gasteiger partial charge in [0, 0.05) is 12.8 Å². The molecule has 0 bridgehead atoms. The molecular formula is C56H105NO5. The average molecular weight is 872 g/mol. The third kappa shape index (κ3) is 47.6. The lowest BCUT2D eigenvalue weighted by molar-refractivity contribution is -0.143. The molecule has 6 heteroatoms. The first-order valence-corrected chi connectivity index (χ1v) is 27.3. The van der Waals surface area contributed by atoms with Crippen molar-refractivity contribution in [2.75, 3.05) is 13.2 Å². The van der Waals surface area contributed by atoms with E-state index in [1.54, 1.807) is 6.08 Å². The molecule has 2 atom stereocenters.